The second-order valence-corrected chi connectivity index (χ2v) is 10.6. The number of fused-ring (bicyclic) bond motifs is 1. The molecule has 1 atom stereocenters. The summed E-state index contributed by atoms with van der Waals surface area (Å²) in [5, 5.41) is 0. The molecule has 184 valence electrons. The van der Waals surface area contributed by atoms with E-state index in [9.17, 15) is 13.2 Å². The first kappa shape index (κ1) is 24.3. The Morgan fingerprint density at radius 1 is 0.912 bits per heavy atom. The molecular weight excluding hydrogens is 456 g/mol. The van der Waals surface area contributed by atoms with Crippen LogP contribution in [0.4, 0.5) is 0 Å². The lowest BCUT2D eigenvalue weighted by Crippen LogP contribution is -2.42. The topological polar surface area (TPSA) is 85.4 Å². The molecule has 2 aromatic rings. The van der Waals surface area contributed by atoms with Crippen LogP contribution in [0.15, 0.2) is 35.2 Å². The Balaban J connectivity index is 1.64. The summed E-state index contributed by atoms with van der Waals surface area (Å²) < 4.78 is 44.7. The molecule has 0 N–H and O–H groups in total. The van der Waals surface area contributed by atoms with E-state index in [-0.39, 0.29) is 22.6 Å². The maximum atomic E-state index is 13.5. The molecule has 2 aromatic carbocycles. The quantitative estimate of drug-likeness (QED) is 0.619. The number of nitrogens with zero attached hydrogens (tertiary/aromatic N) is 2. The Hall–Kier alpha value is -2.78. The smallest absolute Gasteiger partial charge is 0.254 e. The number of ether oxygens (including phenoxy) is 3. The summed E-state index contributed by atoms with van der Waals surface area (Å²) in [7, 11) is 0.826. The number of amides is 1. The van der Waals surface area contributed by atoms with Crippen molar-refractivity contribution in [2.45, 2.75) is 50.1 Å². The van der Waals surface area contributed by atoms with Crippen molar-refractivity contribution in [2.75, 3.05) is 34.4 Å². The van der Waals surface area contributed by atoms with Crippen LogP contribution < -0.4 is 14.2 Å². The van der Waals surface area contributed by atoms with Gasteiger partial charge in [-0.25, -0.2) is 8.42 Å². The molecule has 0 aliphatic carbocycles. The van der Waals surface area contributed by atoms with Crippen molar-refractivity contribution in [3.8, 4) is 17.2 Å². The SMILES string of the molecule is COc1cc2c(cc1OC)CN(C(=O)c1ccc(OC)c(S(=O)(=O)N3CCCC[C@H]3C)c1)CC2. The Labute approximate surface area is 201 Å². The highest BCUT2D eigenvalue weighted by Crippen LogP contribution is 2.35. The highest BCUT2D eigenvalue weighted by Gasteiger charge is 2.34. The molecule has 8 nitrogen and oxygen atoms in total. The van der Waals surface area contributed by atoms with Gasteiger partial charge in [-0.15, -0.1) is 0 Å². The van der Waals surface area contributed by atoms with Gasteiger partial charge in [-0.1, -0.05) is 6.42 Å². The molecular formula is C25H32N2O6S. The monoisotopic (exact) mass is 488 g/mol. The van der Waals surface area contributed by atoms with Gasteiger partial charge in [0.1, 0.15) is 10.6 Å². The summed E-state index contributed by atoms with van der Waals surface area (Å²) >= 11 is 0. The molecule has 2 aliphatic rings. The first-order valence-corrected chi connectivity index (χ1v) is 13.0. The molecule has 2 heterocycles. The number of rotatable bonds is 6. The van der Waals surface area contributed by atoms with E-state index in [2.05, 4.69) is 0 Å². The second-order valence-electron chi connectivity index (χ2n) is 8.78. The zero-order chi connectivity index (χ0) is 24.5. The van der Waals surface area contributed by atoms with Crippen LogP contribution in [-0.2, 0) is 23.0 Å². The number of sulfonamides is 1. The molecule has 1 fully saturated rings. The lowest BCUT2D eigenvalue weighted by molar-refractivity contribution is 0.0734. The fourth-order valence-corrected chi connectivity index (χ4v) is 6.69. The molecule has 1 saturated heterocycles. The van der Waals surface area contributed by atoms with Gasteiger partial charge >= 0.3 is 0 Å². The first-order chi connectivity index (χ1) is 16.3. The summed E-state index contributed by atoms with van der Waals surface area (Å²) in [5.41, 5.74) is 2.42. The number of methoxy groups -OCH3 is 3. The lowest BCUT2D eigenvalue weighted by Gasteiger charge is -2.33. The van der Waals surface area contributed by atoms with Crippen LogP contribution in [0, 0.1) is 0 Å². The number of benzene rings is 2. The van der Waals surface area contributed by atoms with E-state index in [1.165, 1.54) is 17.5 Å². The Morgan fingerprint density at radius 3 is 2.24 bits per heavy atom. The highest BCUT2D eigenvalue weighted by molar-refractivity contribution is 7.89. The van der Waals surface area contributed by atoms with Crippen LogP contribution >= 0.6 is 0 Å². The zero-order valence-electron chi connectivity index (χ0n) is 20.2. The third-order valence-electron chi connectivity index (χ3n) is 6.74. The van der Waals surface area contributed by atoms with Gasteiger partial charge < -0.3 is 19.1 Å². The minimum Gasteiger partial charge on any atom is -0.495 e. The van der Waals surface area contributed by atoms with E-state index >= 15 is 0 Å². The maximum Gasteiger partial charge on any atom is 0.254 e. The van der Waals surface area contributed by atoms with Crippen molar-refractivity contribution in [3.05, 3.63) is 47.0 Å². The number of hydrogen-bond acceptors (Lipinski definition) is 6. The normalized spacial score (nSPS) is 18.8. The molecule has 0 spiro atoms. The summed E-state index contributed by atoms with van der Waals surface area (Å²) in [6.45, 7) is 3.33. The molecule has 0 unspecified atom stereocenters. The largest absolute Gasteiger partial charge is 0.495 e. The molecule has 34 heavy (non-hydrogen) atoms. The standard InChI is InChI=1S/C25H32N2O6S/c1-17-7-5-6-11-27(17)34(29,30)24-15-19(8-9-21(24)31-2)25(28)26-12-10-18-13-22(32-3)23(33-4)14-20(18)16-26/h8-9,13-15,17H,5-7,10-12,16H2,1-4H3/t17-/m1/s1. The zero-order valence-corrected chi connectivity index (χ0v) is 21.0. The molecule has 9 heteroatoms. The van der Waals surface area contributed by atoms with Gasteiger partial charge in [0.25, 0.3) is 5.91 Å². The van der Waals surface area contributed by atoms with E-state index in [4.69, 9.17) is 14.2 Å². The lowest BCUT2D eigenvalue weighted by atomic mass is 9.98. The first-order valence-electron chi connectivity index (χ1n) is 11.5. The summed E-state index contributed by atoms with van der Waals surface area (Å²) in [4.78, 5) is 15.2. The van der Waals surface area contributed by atoms with Gasteiger partial charge in [-0.3, -0.25) is 4.79 Å². The number of piperidine rings is 1. The molecule has 0 bridgehead atoms. The number of carbonyl (C=O) groups excluding carboxylic acids is 1. The third kappa shape index (κ3) is 4.46. The van der Waals surface area contributed by atoms with Gasteiger partial charge in [0.2, 0.25) is 10.0 Å². The van der Waals surface area contributed by atoms with E-state index in [1.807, 2.05) is 19.1 Å². The van der Waals surface area contributed by atoms with Crippen LogP contribution in [0.5, 0.6) is 17.2 Å². The van der Waals surface area contributed by atoms with Crippen molar-refractivity contribution in [2.24, 2.45) is 0 Å². The predicted octanol–water partition coefficient (Wildman–Crippen LogP) is 3.47. The van der Waals surface area contributed by atoms with Gasteiger partial charge in [0.15, 0.2) is 11.5 Å². The van der Waals surface area contributed by atoms with E-state index < -0.39 is 10.0 Å². The highest BCUT2D eigenvalue weighted by atomic mass is 32.2. The van der Waals surface area contributed by atoms with E-state index in [0.29, 0.717) is 43.1 Å². The molecule has 1 amide bonds. The average Bonchev–Trinajstić information content (AvgIpc) is 2.86. The van der Waals surface area contributed by atoms with Gasteiger partial charge in [-0.05, 0) is 67.6 Å². The third-order valence-corrected chi connectivity index (χ3v) is 8.78. The summed E-state index contributed by atoms with van der Waals surface area (Å²) in [6, 6.07) is 8.42. The average molecular weight is 489 g/mol. The minimum absolute atomic E-state index is 0.0402. The molecule has 0 aromatic heterocycles. The maximum absolute atomic E-state index is 13.5. The molecule has 2 aliphatic heterocycles. The summed E-state index contributed by atoms with van der Waals surface area (Å²) in [6.07, 6.45) is 3.33. The van der Waals surface area contributed by atoms with Crippen molar-refractivity contribution < 1.29 is 27.4 Å². The van der Waals surface area contributed by atoms with Gasteiger partial charge in [-0.2, -0.15) is 4.31 Å². The van der Waals surface area contributed by atoms with Crippen LogP contribution in [-0.4, -0.2) is 64.0 Å². The minimum atomic E-state index is -3.80. The predicted molar refractivity (Wildman–Crippen MR) is 128 cm³/mol. The molecule has 0 saturated carbocycles. The van der Waals surface area contributed by atoms with Crippen LogP contribution in [0.2, 0.25) is 0 Å². The fourth-order valence-electron chi connectivity index (χ4n) is 4.81. The molecule has 0 radical (unpaired) electrons. The fraction of sp³-hybridized carbons (Fsp3) is 0.480. The second kappa shape index (κ2) is 9.84. The van der Waals surface area contributed by atoms with Crippen LogP contribution in [0.25, 0.3) is 0 Å². The van der Waals surface area contributed by atoms with Crippen molar-refractivity contribution in [1.29, 1.82) is 0 Å². The van der Waals surface area contributed by atoms with E-state index in [0.717, 1.165) is 30.4 Å². The number of hydrogen-bond donors (Lipinski definition) is 0. The van der Waals surface area contributed by atoms with Crippen molar-refractivity contribution in [3.63, 3.8) is 0 Å². The Morgan fingerprint density at radius 2 is 1.59 bits per heavy atom. The Bertz CT molecular complexity index is 1180. The van der Waals surface area contributed by atoms with Crippen molar-refractivity contribution >= 4 is 15.9 Å². The van der Waals surface area contributed by atoms with Crippen LogP contribution in [0.3, 0.4) is 0 Å². The molecule has 4 rings (SSSR count). The van der Waals surface area contributed by atoms with Gasteiger partial charge in [0.05, 0.1) is 21.3 Å². The number of carbonyl (C=O) groups is 1. The van der Waals surface area contributed by atoms with Crippen molar-refractivity contribution in [1.82, 2.24) is 9.21 Å². The van der Waals surface area contributed by atoms with E-state index in [1.54, 1.807) is 31.3 Å². The van der Waals surface area contributed by atoms with Crippen LogP contribution in [0.1, 0.15) is 47.7 Å². The summed E-state index contributed by atoms with van der Waals surface area (Å²) in [5.74, 6) is 1.31. The Kier molecular flexibility index (Phi) is 7.04. The van der Waals surface area contributed by atoms with Gasteiger partial charge in [0, 0.05) is 31.2 Å².